The summed E-state index contributed by atoms with van der Waals surface area (Å²) in [6, 6.07) is 11.2. The number of hydrogen-bond acceptors (Lipinski definition) is 7. The van der Waals surface area contributed by atoms with Crippen LogP contribution in [-0.4, -0.2) is 31.6 Å². The summed E-state index contributed by atoms with van der Waals surface area (Å²) in [5.74, 6) is 0.420. The second-order valence-electron chi connectivity index (χ2n) is 6.56. The van der Waals surface area contributed by atoms with Gasteiger partial charge in [-0.2, -0.15) is 0 Å². The van der Waals surface area contributed by atoms with Crippen LogP contribution in [0.2, 0.25) is 5.02 Å². The minimum Gasteiger partial charge on any atom is -0.495 e. The molecule has 2 aromatic carbocycles. The van der Waals surface area contributed by atoms with Gasteiger partial charge in [-0.05, 0) is 36.8 Å². The van der Waals surface area contributed by atoms with E-state index in [0.717, 1.165) is 0 Å². The average molecular weight is 466 g/mol. The Balaban J connectivity index is 2.11. The highest BCUT2D eigenvalue weighted by Crippen LogP contribution is 2.38. The van der Waals surface area contributed by atoms with E-state index in [1.54, 1.807) is 41.9 Å². The van der Waals surface area contributed by atoms with Crippen LogP contribution in [0.15, 0.2) is 51.8 Å². The number of carbonyl (C=O) groups excluding carboxylic acids is 1. The van der Waals surface area contributed by atoms with Crippen LogP contribution in [0.5, 0.6) is 5.75 Å². The number of halogens is 1. The summed E-state index contributed by atoms with van der Waals surface area (Å²) in [5.41, 5.74) is 2.75. The molecule has 0 radical (unpaired) electrons. The minimum absolute atomic E-state index is 0.0612. The number of aromatic nitrogens is 1. The van der Waals surface area contributed by atoms with Gasteiger partial charge in [0.1, 0.15) is 11.4 Å². The number of sulfonamides is 1. The monoisotopic (exact) mass is 465 g/mol. The van der Waals surface area contributed by atoms with Crippen LogP contribution >= 0.6 is 11.6 Å². The molecule has 0 atom stereocenters. The molecule has 0 saturated carbocycles. The number of benzene rings is 2. The highest BCUT2D eigenvalue weighted by atomic mass is 35.5. The van der Waals surface area contributed by atoms with Gasteiger partial charge in [0.25, 0.3) is 0 Å². The van der Waals surface area contributed by atoms with Gasteiger partial charge in [-0.25, -0.2) is 24.0 Å². The van der Waals surface area contributed by atoms with Crippen molar-refractivity contribution in [2.75, 3.05) is 7.11 Å². The quantitative estimate of drug-likeness (QED) is 0.342. The molecular formula is C20H20ClN3O6S. The summed E-state index contributed by atoms with van der Waals surface area (Å²) < 4.78 is 35.3. The number of oxazole rings is 1. The first-order valence-electron chi connectivity index (χ1n) is 9.13. The number of amides is 1. The maximum Gasteiger partial charge on any atom is 0.243 e. The van der Waals surface area contributed by atoms with Crippen LogP contribution in [0, 0.1) is 0 Å². The summed E-state index contributed by atoms with van der Waals surface area (Å²) in [4.78, 5) is 15.6. The van der Waals surface area contributed by atoms with Crippen LogP contribution in [-0.2, 0) is 21.2 Å². The molecule has 3 rings (SSSR count). The Kier molecular flexibility index (Phi) is 6.96. The molecule has 1 heterocycles. The Labute approximate surface area is 183 Å². The molecule has 3 aromatic rings. The van der Waals surface area contributed by atoms with Crippen LogP contribution in [0.1, 0.15) is 18.7 Å². The Morgan fingerprint density at radius 2 is 2.03 bits per heavy atom. The number of hydrogen-bond donors (Lipinski definition) is 3. The molecule has 0 aliphatic carbocycles. The SMILES string of the molecule is COc1ccc(-c2nc(CCCC(=O)NO)oc2-c2ccccc2S(N)(=O)=O)cc1Cl. The molecule has 164 valence electrons. The zero-order valence-electron chi connectivity index (χ0n) is 16.5. The molecule has 31 heavy (non-hydrogen) atoms. The van der Waals surface area contributed by atoms with Gasteiger partial charge in [-0.1, -0.05) is 23.7 Å². The van der Waals surface area contributed by atoms with Gasteiger partial charge in [-0.3, -0.25) is 10.0 Å². The number of carbonyl (C=O) groups is 1. The van der Waals surface area contributed by atoms with Gasteiger partial charge < -0.3 is 9.15 Å². The normalized spacial score (nSPS) is 11.4. The standard InChI is InChI=1S/C20H20ClN3O6S/c1-29-15-10-9-12(11-14(15)21)19-20(13-5-2-3-6-16(13)31(22,27)28)30-18(23-19)8-4-7-17(25)24-26/h2-3,5-6,9-11,26H,4,7-8H2,1H3,(H,24,25)(H2,22,27,28). The lowest BCUT2D eigenvalue weighted by atomic mass is 10.1. The lowest BCUT2D eigenvalue weighted by Gasteiger charge is -2.08. The third kappa shape index (κ3) is 5.23. The van der Waals surface area contributed by atoms with Gasteiger partial charge in [0.05, 0.1) is 17.0 Å². The maximum atomic E-state index is 12.1. The number of nitrogens with two attached hydrogens (primary N) is 1. The van der Waals surface area contributed by atoms with Crippen LogP contribution in [0.3, 0.4) is 0 Å². The molecule has 1 amide bonds. The van der Waals surface area contributed by atoms with Gasteiger partial charge >= 0.3 is 0 Å². The molecule has 0 aliphatic rings. The summed E-state index contributed by atoms with van der Waals surface area (Å²) >= 11 is 6.26. The molecule has 4 N–H and O–H groups in total. The Morgan fingerprint density at radius 1 is 1.29 bits per heavy atom. The van der Waals surface area contributed by atoms with Gasteiger partial charge in [0.2, 0.25) is 15.9 Å². The summed E-state index contributed by atoms with van der Waals surface area (Å²) in [6.45, 7) is 0. The van der Waals surface area contributed by atoms with E-state index in [9.17, 15) is 13.2 Å². The van der Waals surface area contributed by atoms with E-state index in [-0.39, 0.29) is 35.0 Å². The van der Waals surface area contributed by atoms with Gasteiger partial charge in [0.15, 0.2) is 11.7 Å². The molecule has 1 aromatic heterocycles. The Hall–Kier alpha value is -2.92. The number of nitrogens with one attached hydrogen (secondary N) is 1. The minimum atomic E-state index is -4.04. The first-order chi connectivity index (χ1) is 14.7. The van der Waals surface area contributed by atoms with Crippen LogP contribution in [0.25, 0.3) is 22.6 Å². The van der Waals surface area contributed by atoms with E-state index in [2.05, 4.69) is 4.98 Å². The van der Waals surface area contributed by atoms with Crippen molar-refractivity contribution < 1.29 is 27.6 Å². The van der Waals surface area contributed by atoms with Crippen molar-refractivity contribution in [2.24, 2.45) is 5.14 Å². The van der Waals surface area contributed by atoms with Gasteiger partial charge in [-0.15, -0.1) is 0 Å². The molecule has 0 aliphatic heterocycles. The fourth-order valence-corrected chi connectivity index (χ4v) is 4.01. The number of hydroxylamine groups is 1. The molecule has 0 bridgehead atoms. The topological polar surface area (TPSA) is 145 Å². The van der Waals surface area contributed by atoms with Crippen molar-refractivity contribution in [3.05, 3.63) is 53.4 Å². The zero-order valence-corrected chi connectivity index (χ0v) is 18.0. The fraction of sp³-hybridized carbons (Fsp3) is 0.200. The zero-order chi connectivity index (χ0) is 22.6. The third-order valence-corrected chi connectivity index (χ3v) is 5.72. The van der Waals surface area contributed by atoms with E-state index in [0.29, 0.717) is 28.5 Å². The second-order valence-corrected chi connectivity index (χ2v) is 8.50. The van der Waals surface area contributed by atoms with E-state index < -0.39 is 15.9 Å². The second kappa shape index (κ2) is 9.48. The molecular weight excluding hydrogens is 446 g/mol. The van der Waals surface area contributed by atoms with Crippen molar-refractivity contribution in [3.63, 3.8) is 0 Å². The predicted octanol–water partition coefficient (Wildman–Crippen LogP) is 3.15. The van der Waals surface area contributed by atoms with Crippen molar-refractivity contribution >= 4 is 27.5 Å². The molecule has 0 unspecified atom stereocenters. The first kappa shape index (κ1) is 22.8. The van der Waals surface area contributed by atoms with Crippen molar-refractivity contribution in [1.82, 2.24) is 10.5 Å². The number of methoxy groups -OCH3 is 1. The van der Waals surface area contributed by atoms with Crippen molar-refractivity contribution in [2.45, 2.75) is 24.2 Å². The van der Waals surface area contributed by atoms with Crippen molar-refractivity contribution in [3.8, 4) is 28.3 Å². The largest absolute Gasteiger partial charge is 0.495 e. The lowest BCUT2D eigenvalue weighted by Crippen LogP contribution is -2.18. The van der Waals surface area contributed by atoms with Gasteiger partial charge in [0, 0.05) is 24.0 Å². The lowest BCUT2D eigenvalue weighted by molar-refractivity contribution is -0.129. The molecule has 9 nitrogen and oxygen atoms in total. The summed E-state index contributed by atoms with van der Waals surface area (Å²) in [6.07, 6.45) is 0.694. The third-order valence-electron chi connectivity index (χ3n) is 4.45. The molecule has 11 heteroatoms. The number of ether oxygens (including phenoxy) is 1. The fourth-order valence-electron chi connectivity index (χ4n) is 3.02. The van der Waals surface area contributed by atoms with Crippen LogP contribution in [0.4, 0.5) is 0 Å². The predicted molar refractivity (Wildman–Crippen MR) is 113 cm³/mol. The van der Waals surface area contributed by atoms with E-state index in [4.69, 9.17) is 31.1 Å². The Bertz CT molecular complexity index is 1210. The maximum absolute atomic E-state index is 12.1. The number of aryl methyl sites for hydroxylation is 1. The number of rotatable bonds is 8. The molecule has 0 spiro atoms. The summed E-state index contributed by atoms with van der Waals surface area (Å²) in [7, 11) is -2.54. The number of nitrogens with zero attached hydrogens (tertiary/aromatic N) is 1. The highest BCUT2D eigenvalue weighted by molar-refractivity contribution is 7.89. The molecule has 0 saturated heterocycles. The van der Waals surface area contributed by atoms with E-state index >= 15 is 0 Å². The Morgan fingerprint density at radius 3 is 2.68 bits per heavy atom. The number of primary sulfonamides is 1. The van der Waals surface area contributed by atoms with Crippen LogP contribution < -0.4 is 15.4 Å². The summed E-state index contributed by atoms with van der Waals surface area (Å²) in [5, 5.41) is 14.4. The smallest absolute Gasteiger partial charge is 0.243 e. The van der Waals surface area contributed by atoms with E-state index in [1.165, 1.54) is 13.2 Å². The highest BCUT2D eigenvalue weighted by Gasteiger charge is 2.23. The first-order valence-corrected chi connectivity index (χ1v) is 11.1. The van der Waals surface area contributed by atoms with Crippen molar-refractivity contribution in [1.29, 1.82) is 0 Å². The van der Waals surface area contributed by atoms with E-state index in [1.807, 2.05) is 0 Å². The average Bonchev–Trinajstić information content (AvgIpc) is 3.17. The molecule has 0 fully saturated rings.